The molecule has 1 heterocycles. The van der Waals surface area contributed by atoms with E-state index in [9.17, 15) is 4.79 Å². The van der Waals surface area contributed by atoms with Gasteiger partial charge in [-0.15, -0.1) is 0 Å². The lowest BCUT2D eigenvalue weighted by Gasteiger charge is -2.16. The molecule has 0 saturated carbocycles. The molecule has 1 unspecified atom stereocenters. The van der Waals surface area contributed by atoms with Gasteiger partial charge in [0, 0.05) is 18.6 Å². The van der Waals surface area contributed by atoms with E-state index in [0.29, 0.717) is 12.5 Å². The number of anilines is 1. The monoisotopic (exact) mass is 322 g/mol. The second-order valence-electron chi connectivity index (χ2n) is 5.12. The van der Waals surface area contributed by atoms with Crippen LogP contribution < -0.4 is 4.90 Å². The number of aldehydes is 1. The van der Waals surface area contributed by atoms with E-state index in [4.69, 9.17) is 11.6 Å². The number of benzene rings is 1. The Balaban J connectivity index is 2.23. The van der Waals surface area contributed by atoms with Gasteiger partial charge in [-0.1, -0.05) is 55.0 Å². The number of carbonyl (C=O) groups is 1. The number of carbonyl (C=O) groups excluding carboxylic acids is 1. The Labute approximate surface area is 134 Å². The highest BCUT2D eigenvalue weighted by Gasteiger charge is 2.18. The molecule has 5 heteroatoms. The normalized spacial score (nSPS) is 12.2. The highest BCUT2D eigenvalue weighted by molar-refractivity contribution is 7.17. The van der Waals surface area contributed by atoms with Crippen molar-refractivity contribution in [2.45, 2.75) is 32.7 Å². The second kappa shape index (κ2) is 7.05. The summed E-state index contributed by atoms with van der Waals surface area (Å²) in [6.07, 6.45) is 1.88. The van der Waals surface area contributed by atoms with Gasteiger partial charge in [0.05, 0.1) is 10.6 Å². The molecule has 0 bridgehead atoms. The van der Waals surface area contributed by atoms with Crippen molar-refractivity contribution in [3.05, 3.63) is 45.4 Å². The molecule has 112 valence electrons. The summed E-state index contributed by atoms with van der Waals surface area (Å²) in [5.74, 6) is 0.295. The van der Waals surface area contributed by atoms with Crippen LogP contribution in [0.4, 0.5) is 5.13 Å². The van der Waals surface area contributed by atoms with Gasteiger partial charge in [0.2, 0.25) is 0 Å². The van der Waals surface area contributed by atoms with Gasteiger partial charge >= 0.3 is 0 Å². The Morgan fingerprint density at radius 2 is 2.14 bits per heavy atom. The average Bonchev–Trinajstić information content (AvgIpc) is 2.93. The molecule has 1 aromatic heterocycles. The number of thiazole rings is 1. The molecule has 1 atom stereocenters. The van der Waals surface area contributed by atoms with Gasteiger partial charge in [0.15, 0.2) is 11.4 Å². The maximum absolute atomic E-state index is 11.2. The Morgan fingerprint density at radius 1 is 1.43 bits per heavy atom. The van der Waals surface area contributed by atoms with Crippen LogP contribution in [-0.2, 0) is 6.54 Å². The van der Waals surface area contributed by atoms with Gasteiger partial charge in [-0.05, 0) is 24.0 Å². The third-order valence-corrected chi connectivity index (χ3v) is 5.03. The van der Waals surface area contributed by atoms with E-state index in [1.165, 1.54) is 11.3 Å². The smallest absolute Gasteiger partial charge is 0.186 e. The molecular formula is C16H19ClN2OS. The molecule has 2 aromatic rings. The molecule has 3 nitrogen and oxygen atoms in total. The summed E-state index contributed by atoms with van der Waals surface area (Å²) < 4.78 is 0. The minimum absolute atomic E-state index is 0.295. The first-order chi connectivity index (χ1) is 10.1. The molecule has 21 heavy (non-hydrogen) atoms. The van der Waals surface area contributed by atoms with E-state index in [0.717, 1.165) is 39.0 Å². The number of rotatable bonds is 6. The van der Waals surface area contributed by atoms with Crippen LogP contribution in [0.2, 0.25) is 5.02 Å². The largest absolute Gasteiger partial charge is 0.347 e. The topological polar surface area (TPSA) is 33.2 Å². The molecule has 0 aliphatic heterocycles. The van der Waals surface area contributed by atoms with Crippen LogP contribution in [0.15, 0.2) is 24.3 Å². The lowest BCUT2D eigenvalue weighted by atomic mass is 10.0. The van der Waals surface area contributed by atoms with Gasteiger partial charge in [-0.2, -0.15) is 0 Å². The van der Waals surface area contributed by atoms with Crippen molar-refractivity contribution in [3.63, 3.8) is 0 Å². The summed E-state index contributed by atoms with van der Waals surface area (Å²) in [6, 6.07) is 7.77. The fourth-order valence-electron chi connectivity index (χ4n) is 2.08. The molecule has 0 amide bonds. The summed E-state index contributed by atoms with van der Waals surface area (Å²) in [5.41, 5.74) is 1.95. The number of hydrogen-bond acceptors (Lipinski definition) is 4. The minimum Gasteiger partial charge on any atom is -0.347 e. The zero-order valence-corrected chi connectivity index (χ0v) is 14.0. The van der Waals surface area contributed by atoms with Crippen LogP contribution in [0, 0.1) is 0 Å². The summed E-state index contributed by atoms with van der Waals surface area (Å²) >= 11 is 7.63. The summed E-state index contributed by atoms with van der Waals surface area (Å²) in [4.78, 5) is 18.6. The van der Waals surface area contributed by atoms with Crippen molar-refractivity contribution in [1.29, 1.82) is 0 Å². The highest BCUT2D eigenvalue weighted by atomic mass is 35.5. The third-order valence-electron chi connectivity index (χ3n) is 3.55. The zero-order chi connectivity index (χ0) is 15.4. The van der Waals surface area contributed by atoms with Crippen LogP contribution >= 0.6 is 22.9 Å². The Hall–Kier alpha value is -1.39. The predicted molar refractivity (Wildman–Crippen MR) is 89.8 cm³/mol. The molecule has 0 fully saturated rings. The van der Waals surface area contributed by atoms with E-state index >= 15 is 0 Å². The Bertz CT molecular complexity index is 626. The van der Waals surface area contributed by atoms with Crippen molar-refractivity contribution >= 4 is 34.4 Å². The van der Waals surface area contributed by atoms with E-state index < -0.39 is 0 Å². The molecule has 0 radical (unpaired) electrons. The summed E-state index contributed by atoms with van der Waals surface area (Å²) in [7, 11) is 1.97. The van der Waals surface area contributed by atoms with E-state index in [2.05, 4.69) is 18.8 Å². The standard InChI is InChI=1S/C16H19ClN2OS/c1-4-11(2)15-14(10-20)21-16(18-15)19(3)9-12-7-5-6-8-13(12)17/h5-8,10-11H,4,9H2,1-3H3. The Kier molecular flexibility index (Phi) is 5.37. The second-order valence-corrected chi connectivity index (χ2v) is 6.54. The van der Waals surface area contributed by atoms with Crippen LogP contribution in [0.3, 0.4) is 0 Å². The zero-order valence-electron chi connectivity index (χ0n) is 12.5. The van der Waals surface area contributed by atoms with Gasteiger partial charge in [-0.3, -0.25) is 4.79 Å². The van der Waals surface area contributed by atoms with Gasteiger partial charge in [-0.25, -0.2) is 4.98 Å². The molecule has 0 N–H and O–H groups in total. The molecular weight excluding hydrogens is 304 g/mol. The molecule has 0 saturated heterocycles. The fourth-order valence-corrected chi connectivity index (χ4v) is 3.23. The third kappa shape index (κ3) is 3.63. The van der Waals surface area contributed by atoms with Crippen molar-refractivity contribution < 1.29 is 4.79 Å². The molecule has 0 aliphatic rings. The first-order valence-corrected chi connectivity index (χ1v) is 8.16. The fraction of sp³-hybridized carbons (Fsp3) is 0.375. The maximum Gasteiger partial charge on any atom is 0.186 e. The van der Waals surface area contributed by atoms with Crippen molar-refractivity contribution in [2.24, 2.45) is 0 Å². The van der Waals surface area contributed by atoms with Crippen LogP contribution in [0.25, 0.3) is 0 Å². The van der Waals surface area contributed by atoms with E-state index in [1.54, 1.807) is 0 Å². The lowest BCUT2D eigenvalue weighted by molar-refractivity contribution is 0.112. The highest BCUT2D eigenvalue weighted by Crippen LogP contribution is 2.31. The van der Waals surface area contributed by atoms with E-state index in [-0.39, 0.29) is 0 Å². The first kappa shape index (κ1) is 16.0. The molecule has 2 rings (SSSR count). The van der Waals surface area contributed by atoms with Crippen LogP contribution in [0.5, 0.6) is 0 Å². The number of aromatic nitrogens is 1. The molecule has 1 aromatic carbocycles. The SMILES string of the molecule is CCC(C)c1nc(N(C)Cc2ccccc2Cl)sc1C=O. The van der Waals surface area contributed by atoms with Crippen LogP contribution in [0.1, 0.15) is 47.1 Å². The maximum atomic E-state index is 11.2. The van der Waals surface area contributed by atoms with Crippen LogP contribution in [-0.4, -0.2) is 18.3 Å². The van der Waals surface area contributed by atoms with Gasteiger partial charge < -0.3 is 4.90 Å². The van der Waals surface area contributed by atoms with Gasteiger partial charge in [0.25, 0.3) is 0 Å². The Morgan fingerprint density at radius 3 is 2.76 bits per heavy atom. The quantitative estimate of drug-likeness (QED) is 0.719. The number of nitrogens with zero attached hydrogens (tertiary/aromatic N) is 2. The predicted octanol–water partition coefficient (Wildman–Crippen LogP) is 4.76. The van der Waals surface area contributed by atoms with Crippen molar-refractivity contribution in [3.8, 4) is 0 Å². The number of halogens is 1. The summed E-state index contributed by atoms with van der Waals surface area (Å²) in [5, 5.41) is 1.60. The first-order valence-electron chi connectivity index (χ1n) is 6.97. The lowest BCUT2D eigenvalue weighted by Crippen LogP contribution is -2.16. The average molecular weight is 323 g/mol. The van der Waals surface area contributed by atoms with E-state index in [1.807, 2.05) is 36.2 Å². The summed E-state index contributed by atoms with van der Waals surface area (Å²) in [6.45, 7) is 4.87. The number of hydrogen-bond donors (Lipinski definition) is 0. The molecule has 0 aliphatic carbocycles. The minimum atomic E-state index is 0.295. The van der Waals surface area contributed by atoms with Crippen molar-refractivity contribution in [1.82, 2.24) is 4.98 Å². The molecule has 0 spiro atoms. The van der Waals surface area contributed by atoms with Gasteiger partial charge in [0.1, 0.15) is 0 Å². The van der Waals surface area contributed by atoms with Crippen molar-refractivity contribution in [2.75, 3.05) is 11.9 Å².